The zero-order valence-corrected chi connectivity index (χ0v) is 8.90. The summed E-state index contributed by atoms with van der Waals surface area (Å²) in [6.07, 6.45) is 0. The van der Waals surface area contributed by atoms with Crippen LogP contribution in [0.1, 0.15) is 12.5 Å². The molecule has 1 aromatic rings. The summed E-state index contributed by atoms with van der Waals surface area (Å²) in [5.74, 6) is -0.00811. The molecule has 0 aliphatic heterocycles. The van der Waals surface area contributed by atoms with Gasteiger partial charge in [0.1, 0.15) is 11.8 Å². The van der Waals surface area contributed by atoms with Gasteiger partial charge in [-0.2, -0.15) is 5.26 Å². The molecule has 0 saturated heterocycles. The Morgan fingerprint density at radius 1 is 1.50 bits per heavy atom. The number of ether oxygens (including phenoxy) is 1. The van der Waals surface area contributed by atoms with Crippen LogP contribution in [0.5, 0.6) is 5.75 Å². The first-order valence-corrected chi connectivity index (χ1v) is 4.80. The van der Waals surface area contributed by atoms with Crippen LogP contribution in [0.3, 0.4) is 0 Å². The quantitative estimate of drug-likeness (QED) is 0.751. The minimum absolute atomic E-state index is 0.182. The molecule has 5 heteroatoms. The molecule has 1 amide bonds. The van der Waals surface area contributed by atoms with Crippen molar-refractivity contribution in [2.24, 2.45) is 0 Å². The van der Waals surface area contributed by atoms with Crippen LogP contribution >= 0.6 is 0 Å². The van der Waals surface area contributed by atoms with E-state index in [0.29, 0.717) is 17.9 Å². The molecular formula is C11H12N2O3. The molecule has 0 unspecified atom stereocenters. The largest absolute Gasteiger partial charge is 0.482 e. The summed E-state index contributed by atoms with van der Waals surface area (Å²) >= 11 is 0. The van der Waals surface area contributed by atoms with E-state index in [-0.39, 0.29) is 6.61 Å². The number of nitrogens with zero attached hydrogens (tertiary/aromatic N) is 1. The SMILES string of the molecule is CCONC(=O)COc1ccccc1C#N. The standard InChI is InChI=1S/C11H12N2O3/c1-2-16-13-11(14)8-15-10-6-4-3-5-9(10)7-12/h3-6H,2,8H2,1H3,(H,13,14). The van der Waals surface area contributed by atoms with Gasteiger partial charge < -0.3 is 4.74 Å². The van der Waals surface area contributed by atoms with E-state index in [1.54, 1.807) is 31.2 Å². The summed E-state index contributed by atoms with van der Waals surface area (Å²) in [6.45, 7) is 1.96. The van der Waals surface area contributed by atoms with Crippen LogP contribution < -0.4 is 10.2 Å². The number of hydroxylamine groups is 1. The van der Waals surface area contributed by atoms with Crippen molar-refractivity contribution >= 4 is 5.91 Å². The third-order valence-electron chi connectivity index (χ3n) is 1.70. The first kappa shape index (κ1) is 12.0. The molecule has 1 aromatic carbocycles. The normalized spacial score (nSPS) is 9.25. The third kappa shape index (κ3) is 3.59. The second kappa shape index (κ2) is 6.43. The molecule has 16 heavy (non-hydrogen) atoms. The average Bonchev–Trinajstić information content (AvgIpc) is 2.34. The van der Waals surface area contributed by atoms with Gasteiger partial charge in [0, 0.05) is 0 Å². The fourth-order valence-corrected chi connectivity index (χ4v) is 1.01. The Labute approximate surface area is 93.5 Å². The van der Waals surface area contributed by atoms with E-state index < -0.39 is 5.91 Å². The van der Waals surface area contributed by atoms with E-state index in [0.717, 1.165) is 0 Å². The van der Waals surface area contributed by atoms with Gasteiger partial charge in [0.25, 0.3) is 5.91 Å². The first-order valence-electron chi connectivity index (χ1n) is 4.80. The maximum absolute atomic E-state index is 11.1. The summed E-state index contributed by atoms with van der Waals surface area (Å²) in [6, 6.07) is 8.69. The minimum atomic E-state index is -0.394. The number of carbonyl (C=O) groups is 1. The molecule has 1 rings (SSSR count). The number of nitriles is 1. The average molecular weight is 220 g/mol. The Kier molecular flexibility index (Phi) is 4.83. The molecule has 0 atom stereocenters. The fraction of sp³-hybridized carbons (Fsp3) is 0.273. The van der Waals surface area contributed by atoms with E-state index in [2.05, 4.69) is 5.48 Å². The van der Waals surface area contributed by atoms with Gasteiger partial charge in [-0.1, -0.05) is 12.1 Å². The Balaban J connectivity index is 2.48. The molecule has 0 saturated carbocycles. The Morgan fingerprint density at radius 3 is 2.94 bits per heavy atom. The highest BCUT2D eigenvalue weighted by molar-refractivity contribution is 5.76. The molecule has 0 radical (unpaired) electrons. The molecule has 0 spiro atoms. The molecular weight excluding hydrogens is 208 g/mol. The summed E-state index contributed by atoms with van der Waals surface area (Å²) in [5.41, 5.74) is 2.59. The lowest BCUT2D eigenvalue weighted by molar-refractivity contribution is -0.135. The van der Waals surface area contributed by atoms with Crippen LogP contribution in [0.2, 0.25) is 0 Å². The molecule has 0 aliphatic carbocycles. The lowest BCUT2D eigenvalue weighted by Gasteiger charge is -2.07. The second-order valence-corrected chi connectivity index (χ2v) is 2.85. The van der Waals surface area contributed by atoms with Crippen molar-refractivity contribution in [3.8, 4) is 11.8 Å². The van der Waals surface area contributed by atoms with Crippen molar-refractivity contribution < 1.29 is 14.4 Å². The van der Waals surface area contributed by atoms with Crippen molar-refractivity contribution in [3.63, 3.8) is 0 Å². The molecule has 1 N–H and O–H groups in total. The molecule has 0 aromatic heterocycles. The van der Waals surface area contributed by atoms with E-state index in [9.17, 15) is 4.79 Å². The molecule has 0 bridgehead atoms. The summed E-state index contributed by atoms with van der Waals surface area (Å²) in [7, 11) is 0. The zero-order chi connectivity index (χ0) is 11.8. The van der Waals surface area contributed by atoms with Crippen molar-refractivity contribution in [1.29, 1.82) is 5.26 Å². The van der Waals surface area contributed by atoms with Crippen LogP contribution in [0.4, 0.5) is 0 Å². The fourth-order valence-electron chi connectivity index (χ4n) is 1.01. The molecule has 0 fully saturated rings. The first-order chi connectivity index (χ1) is 7.77. The lowest BCUT2D eigenvalue weighted by Crippen LogP contribution is -2.29. The van der Waals surface area contributed by atoms with Gasteiger partial charge >= 0.3 is 0 Å². The predicted molar refractivity (Wildman–Crippen MR) is 56.4 cm³/mol. The maximum atomic E-state index is 11.1. The van der Waals surface area contributed by atoms with E-state index in [1.165, 1.54) is 0 Å². The zero-order valence-electron chi connectivity index (χ0n) is 8.90. The van der Waals surface area contributed by atoms with Crippen molar-refractivity contribution in [2.45, 2.75) is 6.92 Å². The molecule has 5 nitrogen and oxygen atoms in total. The van der Waals surface area contributed by atoms with E-state index in [1.807, 2.05) is 6.07 Å². The summed E-state index contributed by atoms with van der Waals surface area (Å²) < 4.78 is 5.17. The number of rotatable bonds is 5. The van der Waals surface area contributed by atoms with Gasteiger partial charge in [-0.25, -0.2) is 5.48 Å². The van der Waals surface area contributed by atoms with Crippen LogP contribution in [0, 0.1) is 11.3 Å². The Hall–Kier alpha value is -2.06. The highest BCUT2D eigenvalue weighted by Gasteiger charge is 2.05. The topological polar surface area (TPSA) is 71.3 Å². The van der Waals surface area contributed by atoms with Crippen LogP contribution in [-0.4, -0.2) is 19.1 Å². The molecule has 0 heterocycles. The number of hydrogen-bond donors (Lipinski definition) is 1. The minimum Gasteiger partial charge on any atom is -0.482 e. The summed E-state index contributed by atoms with van der Waals surface area (Å²) in [5, 5.41) is 8.77. The van der Waals surface area contributed by atoms with Crippen molar-refractivity contribution in [1.82, 2.24) is 5.48 Å². The Morgan fingerprint density at radius 2 is 2.25 bits per heavy atom. The number of hydrogen-bond acceptors (Lipinski definition) is 4. The number of carbonyl (C=O) groups excluding carboxylic acids is 1. The third-order valence-corrected chi connectivity index (χ3v) is 1.70. The molecule has 84 valence electrons. The Bertz CT molecular complexity index is 398. The van der Waals surface area contributed by atoms with Crippen LogP contribution in [0.15, 0.2) is 24.3 Å². The number of amides is 1. The monoisotopic (exact) mass is 220 g/mol. The summed E-state index contributed by atoms with van der Waals surface area (Å²) in [4.78, 5) is 15.8. The maximum Gasteiger partial charge on any atom is 0.281 e. The van der Waals surface area contributed by atoms with E-state index in [4.69, 9.17) is 14.8 Å². The second-order valence-electron chi connectivity index (χ2n) is 2.85. The highest BCUT2D eigenvalue weighted by Crippen LogP contribution is 2.15. The van der Waals surface area contributed by atoms with Gasteiger partial charge in [-0.15, -0.1) is 0 Å². The number of nitrogens with one attached hydrogen (secondary N) is 1. The van der Waals surface area contributed by atoms with Gasteiger partial charge in [-0.3, -0.25) is 9.63 Å². The van der Waals surface area contributed by atoms with Crippen molar-refractivity contribution in [3.05, 3.63) is 29.8 Å². The lowest BCUT2D eigenvalue weighted by atomic mass is 10.2. The highest BCUT2D eigenvalue weighted by atomic mass is 16.7. The van der Waals surface area contributed by atoms with Crippen molar-refractivity contribution in [2.75, 3.05) is 13.2 Å². The van der Waals surface area contributed by atoms with Gasteiger partial charge in [0.05, 0.1) is 12.2 Å². The van der Waals surface area contributed by atoms with Gasteiger partial charge in [-0.05, 0) is 19.1 Å². The van der Waals surface area contributed by atoms with Crippen LogP contribution in [-0.2, 0) is 9.63 Å². The number of para-hydroxylation sites is 1. The van der Waals surface area contributed by atoms with Gasteiger partial charge in [0.2, 0.25) is 0 Å². The smallest absolute Gasteiger partial charge is 0.281 e. The molecule has 0 aliphatic rings. The number of benzene rings is 1. The van der Waals surface area contributed by atoms with Crippen LogP contribution in [0.25, 0.3) is 0 Å². The van der Waals surface area contributed by atoms with E-state index >= 15 is 0 Å². The van der Waals surface area contributed by atoms with Gasteiger partial charge in [0.15, 0.2) is 6.61 Å². The predicted octanol–water partition coefficient (Wildman–Crippen LogP) is 1.00.